The molecule has 1 unspecified atom stereocenters. The minimum absolute atomic E-state index is 0.123. The molecule has 0 fully saturated rings. The van der Waals surface area contributed by atoms with Crippen LogP contribution in [0.2, 0.25) is 0 Å². The fourth-order valence-electron chi connectivity index (χ4n) is 5.84. The van der Waals surface area contributed by atoms with Gasteiger partial charge in [-0.05, 0) is 47.2 Å². The molecule has 8 heteroatoms. The molecule has 0 bridgehead atoms. The molecule has 0 aliphatic heterocycles. The van der Waals surface area contributed by atoms with Crippen LogP contribution in [0, 0.1) is 18.3 Å². The Hall–Kier alpha value is -4.98. The van der Waals surface area contributed by atoms with Crippen LogP contribution in [0.1, 0.15) is 52.6 Å². The largest absolute Gasteiger partial charge is 0.481 e. The molecule has 4 rings (SSSR count). The third kappa shape index (κ3) is 4.47. The number of aromatic carboxylic acids is 2. The van der Waals surface area contributed by atoms with Crippen LogP contribution >= 0.6 is 0 Å². The fraction of sp³-hybridized carbons (Fsp3) is 0.188. The van der Waals surface area contributed by atoms with Gasteiger partial charge in [0.05, 0.1) is 22.6 Å². The van der Waals surface area contributed by atoms with Crippen LogP contribution in [-0.2, 0) is 9.59 Å². The molecule has 0 saturated heterocycles. The van der Waals surface area contributed by atoms with Crippen LogP contribution in [0.25, 0.3) is 27.8 Å². The second-order valence-electron chi connectivity index (χ2n) is 10.3. The van der Waals surface area contributed by atoms with Crippen LogP contribution in [0.5, 0.6) is 0 Å². The van der Waals surface area contributed by atoms with Gasteiger partial charge in [0.15, 0.2) is 0 Å². The first-order valence-electron chi connectivity index (χ1n) is 12.5. The first-order valence-corrected chi connectivity index (χ1v) is 12.5. The Morgan fingerprint density at radius 1 is 0.650 bits per heavy atom. The van der Waals surface area contributed by atoms with E-state index in [1.807, 2.05) is 0 Å². The van der Waals surface area contributed by atoms with Crippen LogP contribution in [0.15, 0.2) is 77.9 Å². The van der Waals surface area contributed by atoms with Gasteiger partial charge < -0.3 is 20.4 Å². The molecular formula is C32H28O8. The molecule has 0 radical (unpaired) electrons. The van der Waals surface area contributed by atoms with Gasteiger partial charge in [-0.25, -0.2) is 14.4 Å². The van der Waals surface area contributed by atoms with Gasteiger partial charge in [-0.2, -0.15) is 0 Å². The molecule has 0 spiro atoms. The normalized spacial score (nSPS) is 16.3. The Kier molecular flexibility index (Phi) is 7.22. The Labute approximate surface area is 230 Å². The smallest absolute Gasteiger partial charge is 0.337 e. The zero-order valence-electron chi connectivity index (χ0n) is 22.4. The van der Waals surface area contributed by atoms with E-state index in [1.165, 1.54) is 6.92 Å². The number of rotatable bonds is 7. The van der Waals surface area contributed by atoms with E-state index in [0.29, 0.717) is 27.8 Å². The maximum atomic E-state index is 12.9. The van der Waals surface area contributed by atoms with E-state index < -0.39 is 40.8 Å². The van der Waals surface area contributed by atoms with Crippen molar-refractivity contribution in [1.29, 1.82) is 0 Å². The molecule has 0 saturated carbocycles. The van der Waals surface area contributed by atoms with Gasteiger partial charge >= 0.3 is 23.9 Å². The number of carboxylic acid groups (broad SMARTS) is 4. The molecule has 3 aromatic carbocycles. The third-order valence-corrected chi connectivity index (χ3v) is 7.54. The van der Waals surface area contributed by atoms with Gasteiger partial charge in [0, 0.05) is 16.5 Å². The van der Waals surface area contributed by atoms with E-state index in [2.05, 4.69) is 0 Å². The number of carbonyl (C=O) groups is 4. The zero-order chi connectivity index (χ0) is 29.5. The van der Waals surface area contributed by atoms with Crippen molar-refractivity contribution in [2.45, 2.75) is 27.7 Å². The van der Waals surface area contributed by atoms with Gasteiger partial charge in [0.25, 0.3) is 0 Å². The quantitative estimate of drug-likeness (QED) is 0.275. The summed E-state index contributed by atoms with van der Waals surface area (Å²) in [6.07, 6.45) is 1.58. The number of allylic oxidation sites excluding steroid dienone is 3. The molecule has 4 N–H and O–H groups in total. The van der Waals surface area contributed by atoms with E-state index in [0.717, 1.165) is 0 Å². The van der Waals surface area contributed by atoms with Crippen molar-refractivity contribution in [1.82, 2.24) is 0 Å². The van der Waals surface area contributed by atoms with Gasteiger partial charge in [-0.3, -0.25) is 4.79 Å². The number of hydrogen-bond acceptors (Lipinski definition) is 4. The van der Waals surface area contributed by atoms with Gasteiger partial charge in [-0.15, -0.1) is 0 Å². The second kappa shape index (κ2) is 10.3. The SMILES string of the molecule is CC1=C(C(=O)O)C(C(=O)O)C(C)(C)C(c2c(C)c(-c3ccccc3)c(C(=O)O)c(C(=O)O)c2-c2ccccc2)=C1. The first-order chi connectivity index (χ1) is 18.8. The van der Waals surface area contributed by atoms with Crippen molar-refractivity contribution in [3.63, 3.8) is 0 Å². The molecular weight excluding hydrogens is 512 g/mol. The lowest BCUT2D eigenvalue weighted by Crippen LogP contribution is -2.39. The Bertz CT molecular complexity index is 1630. The summed E-state index contributed by atoms with van der Waals surface area (Å²) in [5.41, 5.74) is 0.197. The van der Waals surface area contributed by atoms with Crippen LogP contribution in [0.3, 0.4) is 0 Å². The molecule has 0 heterocycles. The summed E-state index contributed by atoms with van der Waals surface area (Å²) in [6.45, 7) is 6.40. The van der Waals surface area contributed by atoms with Crippen molar-refractivity contribution in [2.75, 3.05) is 0 Å². The topological polar surface area (TPSA) is 149 Å². The lowest BCUT2D eigenvalue weighted by Gasteiger charge is -2.40. The molecule has 1 atom stereocenters. The maximum Gasteiger partial charge on any atom is 0.337 e. The van der Waals surface area contributed by atoms with E-state index in [1.54, 1.807) is 87.5 Å². The summed E-state index contributed by atoms with van der Waals surface area (Å²) in [7, 11) is 0. The number of benzene rings is 3. The summed E-state index contributed by atoms with van der Waals surface area (Å²) in [6, 6.07) is 17.0. The molecule has 0 amide bonds. The molecule has 204 valence electrons. The highest BCUT2D eigenvalue weighted by Crippen LogP contribution is 2.54. The highest BCUT2D eigenvalue weighted by Gasteiger charge is 2.48. The minimum atomic E-state index is -1.46. The monoisotopic (exact) mass is 540 g/mol. The van der Waals surface area contributed by atoms with Crippen molar-refractivity contribution in [2.24, 2.45) is 11.3 Å². The summed E-state index contributed by atoms with van der Waals surface area (Å²) in [5.74, 6) is -7.04. The summed E-state index contributed by atoms with van der Waals surface area (Å²) in [4.78, 5) is 50.4. The van der Waals surface area contributed by atoms with Gasteiger partial charge in [0.1, 0.15) is 0 Å². The zero-order valence-corrected chi connectivity index (χ0v) is 22.4. The van der Waals surface area contributed by atoms with Crippen molar-refractivity contribution in [3.05, 3.63) is 100 Å². The van der Waals surface area contributed by atoms with Crippen LogP contribution < -0.4 is 0 Å². The highest BCUT2D eigenvalue weighted by molar-refractivity contribution is 6.14. The average molecular weight is 541 g/mol. The first kappa shape index (κ1) is 28.0. The Morgan fingerprint density at radius 3 is 1.52 bits per heavy atom. The van der Waals surface area contributed by atoms with Gasteiger partial charge in [-0.1, -0.05) is 80.6 Å². The standard InChI is InChI=1S/C32H28O8/c1-16-15-20(32(3,4)27(31(39)40)21(16)28(33)34)23-17(2)22(18-11-7-5-8-12-18)25(29(35)36)26(30(37)38)24(23)19-13-9-6-10-14-19/h5-15,27H,1-4H3,(H,33,34)(H,35,36)(H,37,38)(H,39,40). The van der Waals surface area contributed by atoms with Crippen molar-refractivity contribution >= 4 is 29.5 Å². The fourth-order valence-corrected chi connectivity index (χ4v) is 5.84. The minimum Gasteiger partial charge on any atom is -0.481 e. The van der Waals surface area contributed by atoms with E-state index in [4.69, 9.17) is 0 Å². The van der Waals surface area contributed by atoms with Crippen molar-refractivity contribution < 1.29 is 39.6 Å². The number of carboxylic acids is 4. The molecule has 40 heavy (non-hydrogen) atoms. The lowest BCUT2D eigenvalue weighted by molar-refractivity contribution is -0.146. The summed E-state index contributed by atoms with van der Waals surface area (Å²) in [5, 5.41) is 41.0. The van der Waals surface area contributed by atoms with Crippen molar-refractivity contribution in [3.8, 4) is 22.3 Å². The highest BCUT2D eigenvalue weighted by atomic mass is 16.4. The van der Waals surface area contributed by atoms with Crippen LogP contribution in [0.4, 0.5) is 0 Å². The lowest BCUT2D eigenvalue weighted by atomic mass is 9.61. The summed E-state index contributed by atoms with van der Waals surface area (Å²) >= 11 is 0. The molecule has 1 aliphatic carbocycles. The average Bonchev–Trinajstić information content (AvgIpc) is 2.89. The third-order valence-electron chi connectivity index (χ3n) is 7.54. The summed E-state index contributed by atoms with van der Waals surface area (Å²) < 4.78 is 0. The molecule has 3 aromatic rings. The molecule has 8 nitrogen and oxygen atoms in total. The predicted octanol–water partition coefficient (Wildman–Crippen LogP) is 6.25. The maximum absolute atomic E-state index is 12.9. The van der Waals surface area contributed by atoms with Gasteiger partial charge in [0.2, 0.25) is 0 Å². The van der Waals surface area contributed by atoms with Crippen LogP contribution in [-0.4, -0.2) is 44.3 Å². The molecule has 0 aromatic heterocycles. The van der Waals surface area contributed by atoms with E-state index >= 15 is 0 Å². The number of hydrogen-bond donors (Lipinski definition) is 4. The Morgan fingerprint density at radius 2 is 1.10 bits per heavy atom. The number of aliphatic carboxylic acids is 2. The molecule has 1 aliphatic rings. The van der Waals surface area contributed by atoms with E-state index in [9.17, 15) is 39.6 Å². The Balaban J connectivity index is 2.32. The predicted molar refractivity (Wildman–Crippen MR) is 149 cm³/mol. The second-order valence-corrected chi connectivity index (χ2v) is 10.3. The van der Waals surface area contributed by atoms with E-state index in [-0.39, 0.29) is 27.8 Å².